The van der Waals surface area contributed by atoms with E-state index in [0.29, 0.717) is 12.6 Å². The van der Waals surface area contributed by atoms with Gasteiger partial charge < -0.3 is 10.2 Å². The molecule has 1 atom stereocenters. The van der Waals surface area contributed by atoms with Gasteiger partial charge in [0.05, 0.1) is 12.6 Å². The van der Waals surface area contributed by atoms with Crippen molar-refractivity contribution in [1.82, 2.24) is 10.2 Å². The lowest BCUT2D eigenvalue weighted by atomic mass is 10.00. The number of ketones is 1. The number of amides is 1. The van der Waals surface area contributed by atoms with Gasteiger partial charge in [0.1, 0.15) is 0 Å². The Balaban J connectivity index is 2.57. The summed E-state index contributed by atoms with van der Waals surface area (Å²) in [4.78, 5) is 25.7. The lowest BCUT2D eigenvalue weighted by Gasteiger charge is -2.25. The Hall–Kier alpha value is -0.900. The second kappa shape index (κ2) is 6.15. The van der Waals surface area contributed by atoms with E-state index in [1.807, 2.05) is 27.7 Å². The minimum Gasteiger partial charge on any atom is -0.332 e. The van der Waals surface area contributed by atoms with Crippen molar-refractivity contribution in [3.8, 4) is 0 Å². The van der Waals surface area contributed by atoms with Gasteiger partial charge in [0.2, 0.25) is 5.91 Å². The molecule has 0 aromatic heterocycles. The number of carbonyl (C=O) groups excluding carboxylic acids is 2. The zero-order valence-corrected chi connectivity index (χ0v) is 11.3. The Kier molecular flexibility index (Phi) is 5.12. The van der Waals surface area contributed by atoms with Crippen LogP contribution in [0.15, 0.2) is 0 Å². The predicted octanol–water partition coefficient (Wildman–Crippen LogP) is 1.20. The third kappa shape index (κ3) is 3.80. The quantitative estimate of drug-likeness (QED) is 0.785. The third-order valence-electron chi connectivity index (χ3n) is 3.13. The van der Waals surface area contributed by atoms with E-state index in [2.05, 4.69) is 5.32 Å². The summed E-state index contributed by atoms with van der Waals surface area (Å²) in [7, 11) is 0. The van der Waals surface area contributed by atoms with Gasteiger partial charge in [-0.05, 0) is 12.8 Å². The van der Waals surface area contributed by atoms with E-state index in [1.54, 1.807) is 4.90 Å². The van der Waals surface area contributed by atoms with Crippen LogP contribution in [0, 0.1) is 5.92 Å². The van der Waals surface area contributed by atoms with E-state index in [4.69, 9.17) is 0 Å². The largest absolute Gasteiger partial charge is 0.332 e. The highest BCUT2D eigenvalue weighted by molar-refractivity contribution is 5.91. The van der Waals surface area contributed by atoms with Crippen LogP contribution in [0.1, 0.15) is 40.5 Å². The average Bonchev–Trinajstić information content (AvgIpc) is 2.73. The van der Waals surface area contributed by atoms with Crippen LogP contribution in [0.25, 0.3) is 0 Å². The maximum atomic E-state index is 12.0. The molecule has 0 aromatic rings. The standard InChI is InChI=1S/C13H24N2O2/c1-9(2)13(17)11-6-5-7-15(11)12(16)8-14-10(3)4/h9-11,14H,5-8H2,1-4H3/t11-/m1/s1. The molecule has 0 saturated carbocycles. The molecule has 98 valence electrons. The van der Waals surface area contributed by atoms with E-state index in [9.17, 15) is 9.59 Å². The summed E-state index contributed by atoms with van der Waals surface area (Å²) in [6, 6.07) is 0.109. The highest BCUT2D eigenvalue weighted by atomic mass is 16.2. The van der Waals surface area contributed by atoms with Gasteiger partial charge >= 0.3 is 0 Å². The van der Waals surface area contributed by atoms with E-state index in [1.165, 1.54) is 0 Å². The number of nitrogens with zero attached hydrogens (tertiary/aromatic N) is 1. The topological polar surface area (TPSA) is 49.4 Å². The van der Waals surface area contributed by atoms with Crippen molar-refractivity contribution in [2.75, 3.05) is 13.1 Å². The van der Waals surface area contributed by atoms with Crippen molar-refractivity contribution < 1.29 is 9.59 Å². The van der Waals surface area contributed by atoms with Crippen molar-refractivity contribution in [2.45, 2.75) is 52.6 Å². The first-order valence-electron chi connectivity index (χ1n) is 6.50. The van der Waals surface area contributed by atoms with Crippen LogP contribution in [-0.4, -0.2) is 41.8 Å². The van der Waals surface area contributed by atoms with Crippen LogP contribution in [0.2, 0.25) is 0 Å². The van der Waals surface area contributed by atoms with Crippen LogP contribution < -0.4 is 5.32 Å². The molecule has 4 heteroatoms. The third-order valence-corrected chi connectivity index (χ3v) is 3.13. The molecule has 1 heterocycles. The predicted molar refractivity (Wildman–Crippen MR) is 67.7 cm³/mol. The number of hydrogen-bond donors (Lipinski definition) is 1. The summed E-state index contributed by atoms with van der Waals surface area (Å²) in [5.41, 5.74) is 0. The highest BCUT2D eigenvalue weighted by Gasteiger charge is 2.34. The molecule has 1 N–H and O–H groups in total. The molecule has 1 rings (SSSR count). The van der Waals surface area contributed by atoms with Gasteiger partial charge in [0.15, 0.2) is 5.78 Å². The Bertz CT molecular complexity index is 287. The summed E-state index contributed by atoms with van der Waals surface area (Å²) in [5.74, 6) is 0.252. The Morgan fingerprint density at radius 1 is 1.29 bits per heavy atom. The molecule has 0 bridgehead atoms. The normalized spacial score (nSPS) is 20.4. The SMILES string of the molecule is CC(C)NCC(=O)N1CCC[C@@H]1C(=O)C(C)C. The zero-order valence-electron chi connectivity index (χ0n) is 11.3. The van der Waals surface area contributed by atoms with Crippen LogP contribution in [0.5, 0.6) is 0 Å². The van der Waals surface area contributed by atoms with Crippen molar-refractivity contribution in [1.29, 1.82) is 0 Å². The maximum absolute atomic E-state index is 12.0. The van der Waals surface area contributed by atoms with Gasteiger partial charge in [-0.2, -0.15) is 0 Å². The van der Waals surface area contributed by atoms with Crippen molar-refractivity contribution in [3.63, 3.8) is 0 Å². The summed E-state index contributed by atoms with van der Waals surface area (Å²) < 4.78 is 0. The summed E-state index contributed by atoms with van der Waals surface area (Å²) in [5, 5.41) is 3.11. The molecule has 1 aliphatic rings. The van der Waals surface area contributed by atoms with Gasteiger partial charge in [-0.15, -0.1) is 0 Å². The van der Waals surface area contributed by atoms with E-state index < -0.39 is 0 Å². The van der Waals surface area contributed by atoms with Gasteiger partial charge in [-0.3, -0.25) is 9.59 Å². The molecular weight excluding hydrogens is 216 g/mol. The fourth-order valence-electron chi connectivity index (χ4n) is 2.14. The fraction of sp³-hybridized carbons (Fsp3) is 0.846. The van der Waals surface area contributed by atoms with Gasteiger partial charge in [0.25, 0.3) is 0 Å². The first-order chi connectivity index (χ1) is 7.93. The molecule has 4 nitrogen and oxygen atoms in total. The Morgan fingerprint density at radius 3 is 2.47 bits per heavy atom. The average molecular weight is 240 g/mol. The van der Waals surface area contributed by atoms with Crippen LogP contribution >= 0.6 is 0 Å². The first kappa shape index (κ1) is 14.2. The molecule has 0 unspecified atom stereocenters. The molecule has 0 aliphatic carbocycles. The van der Waals surface area contributed by atoms with E-state index >= 15 is 0 Å². The van der Waals surface area contributed by atoms with Gasteiger partial charge in [-0.25, -0.2) is 0 Å². The van der Waals surface area contributed by atoms with Crippen LogP contribution in [-0.2, 0) is 9.59 Å². The lowest BCUT2D eigenvalue weighted by molar-refractivity contribution is -0.138. The molecule has 0 radical (unpaired) electrons. The number of hydrogen-bond acceptors (Lipinski definition) is 3. The molecular formula is C13H24N2O2. The number of nitrogens with one attached hydrogen (secondary N) is 1. The van der Waals surface area contributed by atoms with Crippen LogP contribution in [0.3, 0.4) is 0 Å². The maximum Gasteiger partial charge on any atom is 0.237 e. The molecule has 17 heavy (non-hydrogen) atoms. The second-order valence-electron chi connectivity index (χ2n) is 5.34. The highest BCUT2D eigenvalue weighted by Crippen LogP contribution is 2.20. The Morgan fingerprint density at radius 2 is 1.94 bits per heavy atom. The van der Waals surface area contributed by atoms with Crippen LogP contribution in [0.4, 0.5) is 0 Å². The zero-order chi connectivity index (χ0) is 13.0. The minimum absolute atomic E-state index is 0.00598. The van der Waals surface area contributed by atoms with E-state index in [-0.39, 0.29) is 23.7 Å². The summed E-state index contributed by atoms with van der Waals surface area (Å²) in [6.07, 6.45) is 1.76. The molecule has 0 aromatic carbocycles. The van der Waals surface area contributed by atoms with Crippen molar-refractivity contribution >= 4 is 11.7 Å². The molecule has 0 spiro atoms. The lowest BCUT2D eigenvalue weighted by Crippen LogP contribution is -2.46. The number of rotatable bonds is 5. The first-order valence-corrected chi connectivity index (χ1v) is 6.50. The second-order valence-corrected chi connectivity index (χ2v) is 5.34. The minimum atomic E-state index is -0.184. The van der Waals surface area contributed by atoms with Gasteiger partial charge in [-0.1, -0.05) is 27.7 Å². The summed E-state index contributed by atoms with van der Waals surface area (Å²) >= 11 is 0. The number of carbonyl (C=O) groups is 2. The Labute approximate surface area is 104 Å². The molecule has 1 amide bonds. The number of likely N-dealkylation sites (tertiary alicyclic amines) is 1. The summed E-state index contributed by atoms with van der Waals surface area (Å²) in [6.45, 7) is 8.87. The smallest absolute Gasteiger partial charge is 0.237 e. The van der Waals surface area contributed by atoms with Crippen molar-refractivity contribution in [3.05, 3.63) is 0 Å². The number of Topliss-reactive ketones (excluding diaryl/α,β-unsaturated/α-hetero) is 1. The van der Waals surface area contributed by atoms with E-state index in [0.717, 1.165) is 19.4 Å². The monoisotopic (exact) mass is 240 g/mol. The van der Waals surface area contributed by atoms with Gasteiger partial charge in [0, 0.05) is 18.5 Å². The molecule has 1 aliphatic heterocycles. The molecule has 1 saturated heterocycles. The van der Waals surface area contributed by atoms with Crippen molar-refractivity contribution in [2.24, 2.45) is 5.92 Å². The molecule has 1 fully saturated rings. The fourth-order valence-corrected chi connectivity index (χ4v) is 2.14.